The summed E-state index contributed by atoms with van der Waals surface area (Å²) in [5, 5.41) is 7.17. The van der Waals surface area contributed by atoms with Gasteiger partial charge in [-0.3, -0.25) is 20.4 Å². The highest BCUT2D eigenvalue weighted by atomic mass is 16.5. The van der Waals surface area contributed by atoms with Gasteiger partial charge in [-0.25, -0.2) is 0 Å². The van der Waals surface area contributed by atoms with Gasteiger partial charge in [-0.1, -0.05) is 24.3 Å². The Morgan fingerprint density at radius 1 is 0.844 bits per heavy atom. The van der Waals surface area contributed by atoms with Crippen molar-refractivity contribution in [3.63, 3.8) is 0 Å². The topological polar surface area (TPSA) is 48.5 Å². The van der Waals surface area contributed by atoms with Gasteiger partial charge in [0.2, 0.25) is 0 Å². The van der Waals surface area contributed by atoms with E-state index in [4.69, 9.17) is 9.47 Å². The summed E-state index contributed by atoms with van der Waals surface area (Å²) in [7, 11) is 0. The Hall–Kier alpha value is -1.02. The third kappa shape index (κ3) is 7.51. The van der Waals surface area contributed by atoms with Crippen LogP contribution in [0.2, 0.25) is 0 Å². The molecule has 2 N–H and O–H groups in total. The molecule has 32 heavy (non-hydrogen) atoms. The standard InChI is InChI=1S/C26H46N4O2/c1-19-13-29(19)15-21(3)31-17-27-25(5,6)23-10-9-11-24(12-23)26(7,8)28-18-32-22(4)16-30-14-20(30)2/h9-12,19-22,27-28H,13-18H2,1-8H3. The number of ether oxygens (including phenoxy) is 2. The van der Waals surface area contributed by atoms with Crippen molar-refractivity contribution in [2.24, 2.45) is 0 Å². The van der Waals surface area contributed by atoms with Crippen LogP contribution in [0.3, 0.4) is 0 Å². The monoisotopic (exact) mass is 446 g/mol. The van der Waals surface area contributed by atoms with E-state index < -0.39 is 0 Å². The van der Waals surface area contributed by atoms with Crippen LogP contribution in [0.25, 0.3) is 0 Å². The van der Waals surface area contributed by atoms with Crippen molar-refractivity contribution in [3.8, 4) is 0 Å². The molecule has 0 aliphatic carbocycles. The molecule has 182 valence electrons. The van der Waals surface area contributed by atoms with Crippen molar-refractivity contribution in [3.05, 3.63) is 35.4 Å². The molecule has 0 aromatic heterocycles. The summed E-state index contributed by atoms with van der Waals surface area (Å²) in [6.07, 6.45) is 0.472. The fraction of sp³-hybridized carbons (Fsp3) is 0.769. The van der Waals surface area contributed by atoms with Gasteiger partial charge in [-0.15, -0.1) is 0 Å². The molecule has 1 aromatic rings. The maximum absolute atomic E-state index is 6.02. The molecule has 6 heteroatoms. The van der Waals surface area contributed by atoms with E-state index in [-0.39, 0.29) is 23.3 Å². The molecule has 6 nitrogen and oxygen atoms in total. The Morgan fingerprint density at radius 2 is 1.22 bits per heavy atom. The Morgan fingerprint density at radius 3 is 1.56 bits per heavy atom. The van der Waals surface area contributed by atoms with E-state index in [9.17, 15) is 0 Å². The van der Waals surface area contributed by atoms with Crippen molar-refractivity contribution in [2.75, 3.05) is 39.6 Å². The maximum Gasteiger partial charge on any atom is 0.0976 e. The summed E-state index contributed by atoms with van der Waals surface area (Å²) < 4.78 is 12.0. The van der Waals surface area contributed by atoms with Crippen molar-refractivity contribution in [2.45, 2.75) is 90.8 Å². The van der Waals surface area contributed by atoms with Gasteiger partial charge in [-0.05, 0) is 66.5 Å². The van der Waals surface area contributed by atoms with E-state index in [0.29, 0.717) is 13.5 Å². The molecule has 0 saturated carbocycles. The summed E-state index contributed by atoms with van der Waals surface area (Å²) in [5.74, 6) is 0. The van der Waals surface area contributed by atoms with Crippen LogP contribution in [0.4, 0.5) is 0 Å². The second kappa shape index (κ2) is 10.5. The predicted octanol–water partition coefficient (Wildman–Crippen LogP) is 3.47. The average Bonchev–Trinajstić information content (AvgIpc) is 3.60. The molecule has 2 saturated heterocycles. The summed E-state index contributed by atoms with van der Waals surface area (Å²) in [6, 6.07) is 10.3. The lowest BCUT2D eigenvalue weighted by atomic mass is 9.87. The van der Waals surface area contributed by atoms with Crippen LogP contribution in [0.5, 0.6) is 0 Å². The lowest BCUT2D eigenvalue weighted by molar-refractivity contribution is 0.0293. The third-order valence-electron chi connectivity index (χ3n) is 7.03. The van der Waals surface area contributed by atoms with Crippen molar-refractivity contribution in [1.29, 1.82) is 0 Å². The van der Waals surface area contributed by atoms with Crippen molar-refractivity contribution >= 4 is 0 Å². The van der Waals surface area contributed by atoms with Crippen LogP contribution >= 0.6 is 0 Å². The molecule has 2 heterocycles. The lowest BCUT2D eigenvalue weighted by Gasteiger charge is -2.32. The molecule has 2 aliphatic heterocycles. The second-order valence-corrected chi connectivity index (χ2v) is 11.0. The molecule has 2 fully saturated rings. The number of benzene rings is 1. The van der Waals surface area contributed by atoms with Crippen LogP contribution in [-0.2, 0) is 20.6 Å². The van der Waals surface area contributed by atoms with Gasteiger partial charge in [0, 0.05) is 49.3 Å². The van der Waals surface area contributed by atoms with Gasteiger partial charge in [0.05, 0.1) is 25.7 Å². The van der Waals surface area contributed by atoms with E-state index in [2.05, 4.69) is 100 Å². The number of hydrogen-bond donors (Lipinski definition) is 2. The highest BCUT2D eigenvalue weighted by molar-refractivity contribution is 5.32. The highest BCUT2D eigenvalue weighted by Crippen LogP contribution is 2.27. The van der Waals surface area contributed by atoms with E-state index in [1.54, 1.807) is 0 Å². The fourth-order valence-electron chi connectivity index (χ4n) is 4.09. The van der Waals surface area contributed by atoms with Crippen molar-refractivity contribution < 1.29 is 9.47 Å². The molecule has 6 atom stereocenters. The van der Waals surface area contributed by atoms with Crippen LogP contribution in [0.15, 0.2) is 24.3 Å². The Kier molecular flexibility index (Phi) is 8.40. The lowest BCUT2D eigenvalue weighted by Crippen LogP contribution is -2.41. The first-order valence-corrected chi connectivity index (χ1v) is 12.3. The molecule has 2 aliphatic rings. The van der Waals surface area contributed by atoms with Gasteiger partial charge in [0.1, 0.15) is 0 Å². The number of nitrogens with one attached hydrogen (secondary N) is 2. The molecule has 1 aromatic carbocycles. The molecule has 6 unspecified atom stereocenters. The Bertz CT molecular complexity index is 681. The minimum atomic E-state index is -0.181. The normalized spacial score (nSPS) is 27.2. The Balaban J connectivity index is 1.47. The third-order valence-corrected chi connectivity index (χ3v) is 7.03. The molecular weight excluding hydrogens is 400 g/mol. The highest BCUT2D eigenvalue weighted by Gasteiger charge is 2.31. The average molecular weight is 447 g/mol. The number of nitrogens with zero attached hydrogens (tertiary/aromatic N) is 2. The largest absolute Gasteiger partial charge is 0.362 e. The van der Waals surface area contributed by atoms with Gasteiger partial charge in [-0.2, -0.15) is 0 Å². The molecule has 3 rings (SSSR count). The van der Waals surface area contributed by atoms with Crippen LogP contribution in [-0.4, -0.2) is 73.7 Å². The quantitative estimate of drug-likeness (QED) is 0.337. The number of rotatable bonds is 14. The summed E-state index contributed by atoms with van der Waals surface area (Å²) in [4.78, 5) is 4.87. The summed E-state index contributed by atoms with van der Waals surface area (Å²) in [6.45, 7) is 23.2. The molecular formula is C26H46N4O2. The first-order valence-electron chi connectivity index (χ1n) is 12.3. The zero-order valence-corrected chi connectivity index (χ0v) is 21.6. The number of hydrogen-bond acceptors (Lipinski definition) is 6. The van der Waals surface area contributed by atoms with Gasteiger partial charge >= 0.3 is 0 Å². The minimum Gasteiger partial charge on any atom is -0.362 e. The zero-order valence-electron chi connectivity index (χ0n) is 21.6. The summed E-state index contributed by atoms with van der Waals surface area (Å²) in [5.41, 5.74) is 2.15. The van der Waals surface area contributed by atoms with E-state index in [1.165, 1.54) is 24.2 Å². The molecule has 0 amide bonds. The zero-order chi connectivity index (χ0) is 23.5. The second-order valence-electron chi connectivity index (χ2n) is 11.0. The van der Waals surface area contributed by atoms with Crippen LogP contribution < -0.4 is 10.6 Å². The SMILES string of the molecule is CC(CN1CC1C)OCNC(C)(C)c1cccc(C(C)(C)NCOC(C)CN2CC2C)c1. The smallest absolute Gasteiger partial charge is 0.0976 e. The van der Waals surface area contributed by atoms with Gasteiger partial charge < -0.3 is 9.47 Å². The van der Waals surface area contributed by atoms with Crippen molar-refractivity contribution in [1.82, 2.24) is 20.4 Å². The molecule has 0 spiro atoms. The fourth-order valence-corrected chi connectivity index (χ4v) is 4.09. The first kappa shape index (κ1) is 25.6. The van der Waals surface area contributed by atoms with Crippen LogP contribution in [0, 0.1) is 0 Å². The van der Waals surface area contributed by atoms with E-state index in [0.717, 1.165) is 25.2 Å². The van der Waals surface area contributed by atoms with E-state index in [1.807, 2.05) is 0 Å². The van der Waals surface area contributed by atoms with Gasteiger partial charge in [0.15, 0.2) is 0 Å². The predicted molar refractivity (Wildman–Crippen MR) is 132 cm³/mol. The first-order chi connectivity index (χ1) is 15.0. The summed E-state index contributed by atoms with van der Waals surface area (Å²) >= 11 is 0. The Labute approximate surface area is 196 Å². The van der Waals surface area contributed by atoms with Crippen LogP contribution in [0.1, 0.15) is 66.5 Å². The van der Waals surface area contributed by atoms with E-state index >= 15 is 0 Å². The minimum absolute atomic E-state index is 0.181. The maximum atomic E-state index is 6.02. The van der Waals surface area contributed by atoms with Gasteiger partial charge in [0.25, 0.3) is 0 Å². The molecule has 0 radical (unpaired) electrons. The molecule has 0 bridgehead atoms.